The predicted molar refractivity (Wildman–Crippen MR) is 64.2 cm³/mol. The Kier molecular flexibility index (Phi) is 2.86. The molecule has 3 N–H and O–H groups in total. The van der Waals surface area contributed by atoms with Crippen LogP contribution in [0.25, 0.3) is 0 Å². The first-order valence-corrected chi connectivity index (χ1v) is 5.70. The van der Waals surface area contributed by atoms with Crippen molar-refractivity contribution in [3.05, 3.63) is 11.8 Å². The summed E-state index contributed by atoms with van der Waals surface area (Å²) in [6, 6.07) is 0. The lowest BCUT2D eigenvalue weighted by molar-refractivity contribution is -0.111. The first kappa shape index (κ1) is 12.3. The van der Waals surface area contributed by atoms with Crippen molar-refractivity contribution >= 4 is 23.7 Å². The van der Waals surface area contributed by atoms with Gasteiger partial charge in [-0.2, -0.15) is 0 Å². The lowest BCUT2D eigenvalue weighted by atomic mass is 10.1. The number of hydrogen-bond donors (Lipinski definition) is 3. The summed E-state index contributed by atoms with van der Waals surface area (Å²) in [5.41, 5.74) is 0.447. The van der Waals surface area contributed by atoms with Gasteiger partial charge in [-0.15, -0.1) is 0 Å². The van der Waals surface area contributed by atoms with Gasteiger partial charge in [0.1, 0.15) is 24.4 Å². The van der Waals surface area contributed by atoms with Crippen LogP contribution in [0.2, 0.25) is 0 Å². The molecule has 0 aliphatic carbocycles. The summed E-state index contributed by atoms with van der Waals surface area (Å²) >= 11 is 0. The second-order valence-corrected chi connectivity index (χ2v) is 4.32. The van der Waals surface area contributed by atoms with Crippen molar-refractivity contribution in [2.24, 2.45) is 15.0 Å². The number of fused-ring (bicyclic) bond motifs is 1. The van der Waals surface area contributed by atoms with E-state index in [1.54, 1.807) is 0 Å². The third kappa shape index (κ3) is 1.85. The Bertz CT molecular complexity index is 551. The predicted octanol–water partition coefficient (Wildman–Crippen LogP) is -2.18. The largest absolute Gasteiger partial charge is 0.394 e. The quantitative estimate of drug-likeness (QED) is 0.523. The van der Waals surface area contributed by atoms with Gasteiger partial charge in [-0.05, 0) is 6.08 Å². The van der Waals surface area contributed by atoms with Gasteiger partial charge in [-0.3, -0.25) is 4.79 Å². The number of carbonyl (C=O) groups excluding carboxylic acids is 1. The monoisotopic (exact) mass is 265 g/mol. The highest BCUT2D eigenvalue weighted by Crippen LogP contribution is 2.26. The Hall–Kier alpha value is -1.74. The highest BCUT2D eigenvalue weighted by Gasteiger charge is 2.46. The molecule has 4 atom stereocenters. The van der Waals surface area contributed by atoms with Gasteiger partial charge in [0.2, 0.25) is 0 Å². The molecule has 3 aliphatic rings. The average Bonchev–Trinajstić information content (AvgIpc) is 2.94. The maximum absolute atomic E-state index is 11.5. The number of aliphatic hydroxyl groups is 3. The van der Waals surface area contributed by atoms with Crippen molar-refractivity contribution < 1.29 is 24.9 Å². The van der Waals surface area contributed by atoms with E-state index < -0.39 is 36.9 Å². The fourth-order valence-electron chi connectivity index (χ4n) is 2.12. The molecule has 0 spiro atoms. The SMILES string of the molecule is O=C1N=CC=C2N=C(C3O[C@H](CO)[C@@H](O)[C@H]3O)N=C12. The van der Waals surface area contributed by atoms with Gasteiger partial charge in [0.15, 0.2) is 11.5 Å². The fraction of sp³-hybridized carbons (Fsp3) is 0.455. The second-order valence-electron chi connectivity index (χ2n) is 4.32. The van der Waals surface area contributed by atoms with Gasteiger partial charge in [0.25, 0.3) is 5.91 Å². The number of nitrogens with zero attached hydrogens (tertiary/aromatic N) is 3. The molecule has 3 rings (SSSR count). The zero-order valence-electron chi connectivity index (χ0n) is 9.67. The van der Waals surface area contributed by atoms with E-state index in [0.717, 1.165) is 0 Å². The molecule has 3 heterocycles. The van der Waals surface area contributed by atoms with Crippen LogP contribution in [-0.2, 0) is 9.53 Å². The molecule has 0 aromatic heterocycles. The topological polar surface area (TPSA) is 124 Å². The maximum Gasteiger partial charge on any atom is 0.297 e. The number of carbonyl (C=O) groups is 1. The van der Waals surface area contributed by atoms with Crippen LogP contribution in [-0.4, -0.2) is 70.0 Å². The van der Waals surface area contributed by atoms with Gasteiger partial charge in [0.05, 0.1) is 12.3 Å². The van der Waals surface area contributed by atoms with Gasteiger partial charge >= 0.3 is 0 Å². The lowest BCUT2D eigenvalue weighted by Crippen LogP contribution is -2.36. The van der Waals surface area contributed by atoms with E-state index in [2.05, 4.69) is 15.0 Å². The van der Waals surface area contributed by atoms with E-state index >= 15 is 0 Å². The van der Waals surface area contributed by atoms with Crippen molar-refractivity contribution in [3.63, 3.8) is 0 Å². The molecule has 1 unspecified atom stereocenters. The smallest absolute Gasteiger partial charge is 0.297 e. The Balaban J connectivity index is 1.88. The van der Waals surface area contributed by atoms with Crippen molar-refractivity contribution in [1.29, 1.82) is 0 Å². The second kappa shape index (κ2) is 4.42. The molecule has 0 saturated carbocycles. The number of dihydropyridines is 1. The molecule has 8 nitrogen and oxygen atoms in total. The molecule has 0 bridgehead atoms. The normalized spacial score (nSPS) is 37.0. The summed E-state index contributed by atoms with van der Waals surface area (Å²) in [7, 11) is 0. The summed E-state index contributed by atoms with van der Waals surface area (Å²) in [5, 5.41) is 28.5. The van der Waals surface area contributed by atoms with Crippen LogP contribution in [0.5, 0.6) is 0 Å². The molecule has 3 aliphatic heterocycles. The minimum Gasteiger partial charge on any atom is -0.394 e. The van der Waals surface area contributed by atoms with Crippen LogP contribution in [0.15, 0.2) is 26.8 Å². The number of amidine groups is 1. The zero-order valence-corrected chi connectivity index (χ0v) is 9.67. The van der Waals surface area contributed by atoms with Crippen LogP contribution in [0.4, 0.5) is 0 Å². The van der Waals surface area contributed by atoms with Crippen LogP contribution in [0.1, 0.15) is 0 Å². The summed E-state index contributed by atoms with van der Waals surface area (Å²) in [6.45, 7) is -0.427. The Morgan fingerprint density at radius 3 is 2.68 bits per heavy atom. The molecule has 100 valence electrons. The van der Waals surface area contributed by atoms with E-state index in [1.807, 2.05) is 0 Å². The number of hydrogen-bond acceptors (Lipinski definition) is 7. The molecular weight excluding hydrogens is 254 g/mol. The summed E-state index contributed by atoms with van der Waals surface area (Å²) in [4.78, 5) is 23.1. The lowest BCUT2D eigenvalue weighted by Gasteiger charge is -2.11. The van der Waals surface area contributed by atoms with E-state index in [0.29, 0.717) is 5.70 Å². The van der Waals surface area contributed by atoms with Gasteiger partial charge in [-0.25, -0.2) is 15.0 Å². The summed E-state index contributed by atoms with van der Waals surface area (Å²) < 4.78 is 5.29. The number of rotatable bonds is 2. The molecule has 1 saturated heterocycles. The minimum absolute atomic E-state index is 0.0928. The molecular formula is C11H11N3O5. The third-order valence-corrected chi connectivity index (χ3v) is 3.13. The first-order chi connectivity index (χ1) is 9.11. The van der Waals surface area contributed by atoms with Gasteiger partial charge in [0, 0.05) is 6.21 Å². The fourth-order valence-corrected chi connectivity index (χ4v) is 2.12. The van der Waals surface area contributed by atoms with E-state index in [-0.39, 0.29) is 11.5 Å². The van der Waals surface area contributed by atoms with Gasteiger partial charge < -0.3 is 20.1 Å². The molecule has 1 amide bonds. The molecule has 0 aromatic carbocycles. The molecule has 1 fully saturated rings. The maximum atomic E-state index is 11.5. The first-order valence-electron chi connectivity index (χ1n) is 5.70. The summed E-state index contributed by atoms with van der Waals surface area (Å²) in [5.74, 6) is -0.411. The number of aliphatic imine (C=N–C) groups is 3. The van der Waals surface area contributed by atoms with Crippen LogP contribution in [0, 0.1) is 0 Å². The molecule has 0 radical (unpaired) electrons. The number of aliphatic hydroxyl groups excluding tert-OH is 3. The Morgan fingerprint density at radius 1 is 1.26 bits per heavy atom. The Labute approximate surface area is 107 Å². The summed E-state index contributed by atoms with van der Waals surface area (Å²) in [6.07, 6.45) is -1.50. The third-order valence-electron chi connectivity index (χ3n) is 3.13. The Morgan fingerprint density at radius 2 is 2.05 bits per heavy atom. The van der Waals surface area contributed by atoms with Crippen molar-refractivity contribution in [3.8, 4) is 0 Å². The standard InChI is InChI=1S/C11H11N3O5/c15-3-5-7(16)8(17)9(19-5)10-13-4-1-2-12-11(18)6(4)14-10/h1-2,5,7-9,15-17H,3H2/t5-,7-,8-,9?/m1/s1. The van der Waals surface area contributed by atoms with Crippen molar-refractivity contribution in [1.82, 2.24) is 0 Å². The van der Waals surface area contributed by atoms with Crippen LogP contribution < -0.4 is 0 Å². The van der Waals surface area contributed by atoms with E-state index in [9.17, 15) is 15.0 Å². The zero-order chi connectivity index (χ0) is 13.6. The van der Waals surface area contributed by atoms with E-state index in [4.69, 9.17) is 9.84 Å². The number of allylic oxidation sites excluding steroid dienone is 1. The molecule has 8 heteroatoms. The number of ether oxygens (including phenoxy) is 1. The highest BCUT2D eigenvalue weighted by atomic mass is 16.6. The van der Waals surface area contributed by atoms with E-state index in [1.165, 1.54) is 12.3 Å². The van der Waals surface area contributed by atoms with Crippen LogP contribution >= 0.6 is 0 Å². The van der Waals surface area contributed by atoms with Crippen LogP contribution in [0.3, 0.4) is 0 Å². The average molecular weight is 265 g/mol. The number of amides is 1. The molecule has 19 heavy (non-hydrogen) atoms. The minimum atomic E-state index is -1.25. The molecule has 0 aromatic rings. The highest BCUT2D eigenvalue weighted by molar-refractivity contribution is 6.51. The van der Waals surface area contributed by atoms with Gasteiger partial charge in [-0.1, -0.05) is 0 Å². The van der Waals surface area contributed by atoms with Crippen molar-refractivity contribution in [2.75, 3.05) is 6.61 Å². The van der Waals surface area contributed by atoms with Crippen molar-refractivity contribution in [2.45, 2.75) is 24.4 Å².